The van der Waals surface area contributed by atoms with Gasteiger partial charge in [0.05, 0.1) is 0 Å². The number of rotatable bonds is 4. The molecule has 2 aromatic rings. The zero-order chi connectivity index (χ0) is 17.9. The van der Waals surface area contributed by atoms with Crippen molar-refractivity contribution < 1.29 is 4.79 Å². The van der Waals surface area contributed by atoms with Gasteiger partial charge in [-0.25, -0.2) is 14.6 Å². The molecule has 0 spiro atoms. The van der Waals surface area contributed by atoms with E-state index in [1.54, 1.807) is 11.0 Å². The van der Waals surface area contributed by atoms with E-state index in [9.17, 15) is 4.79 Å². The van der Waals surface area contributed by atoms with Gasteiger partial charge in [-0.1, -0.05) is 0 Å². The molecule has 2 aromatic heterocycles. The number of aromatic nitrogens is 5. The lowest BCUT2D eigenvalue weighted by atomic mass is 10.3. The number of aryl methyl sites for hydroxylation is 1. The third-order valence-corrected chi connectivity index (χ3v) is 4.94. The topological polar surface area (TPSA) is 83.3 Å². The van der Waals surface area contributed by atoms with Gasteiger partial charge < -0.3 is 14.7 Å². The number of anilines is 2. The Labute approximate surface area is 152 Å². The van der Waals surface area contributed by atoms with E-state index in [0.717, 1.165) is 43.6 Å². The fourth-order valence-corrected chi connectivity index (χ4v) is 3.50. The highest BCUT2D eigenvalue weighted by molar-refractivity contribution is 5.76. The van der Waals surface area contributed by atoms with E-state index in [-0.39, 0.29) is 12.5 Å². The number of carbonyl (C=O) groups excluding carboxylic acids is 1. The third kappa shape index (κ3) is 3.61. The zero-order valence-corrected chi connectivity index (χ0v) is 15.1. The number of nitrogens with zero attached hydrogens (tertiary/aromatic N) is 8. The lowest BCUT2D eigenvalue weighted by Crippen LogP contribution is -2.50. The van der Waals surface area contributed by atoms with Crippen LogP contribution in [0.5, 0.6) is 0 Å². The number of amides is 1. The first-order valence-corrected chi connectivity index (χ1v) is 9.15. The fourth-order valence-electron chi connectivity index (χ4n) is 3.50. The molecule has 0 aromatic carbocycles. The quantitative estimate of drug-likeness (QED) is 0.780. The molecule has 2 aliphatic rings. The van der Waals surface area contributed by atoms with E-state index >= 15 is 0 Å². The lowest BCUT2D eigenvalue weighted by Gasteiger charge is -2.35. The monoisotopic (exact) mass is 356 g/mol. The molecule has 0 N–H and O–H groups in total. The fraction of sp³-hybridized carbons (Fsp3) is 0.588. The minimum atomic E-state index is 0.0677. The second kappa shape index (κ2) is 7.27. The number of hydrogen-bond acceptors (Lipinski definition) is 7. The van der Waals surface area contributed by atoms with Crippen LogP contribution in [0.2, 0.25) is 0 Å². The molecule has 2 aliphatic heterocycles. The molecule has 2 saturated heterocycles. The molecule has 0 unspecified atom stereocenters. The molecule has 0 atom stereocenters. The summed E-state index contributed by atoms with van der Waals surface area (Å²) >= 11 is 0. The first-order chi connectivity index (χ1) is 12.7. The molecule has 0 radical (unpaired) electrons. The summed E-state index contributed by atoms with van der Waals surface area (Å²) in [6.45, 7) is 7.22. The predicted molar refractivity (Wildman–Crippen MR) is 97.0 cm³/mol. The molecule has 0 saturated carbocycles. The van der Waals surface area contributed by atoms with Crippen LogP contribution in [0.3, 0.4) is 0 Å². The van der Waals surface area contributed by atoms with Crippen LogP contribution >= 0.6 is 0 Å². The van der Waals surface area contributed by atoms with Crippen molar-refractivity contribution in [3.8, 4) is 0 Å². The van der Waals surface area contributed by atoms with Gasteiger partial charge in [-0.05, 0) is 19.8 Å². The first-order valence-electron chi connectivity index (χ1n) is 9.15. The third-order valence-electron chi connectivity index (χ3n) is 4.94. The van der Waals surface area contributed by atoms with Crippen LogP contribution in [0.1, 0.15) is 18.5 Å². The SMILES string of the molecule is Cc1cc(N2CCCC2)nc(N2CCN(C(=O)Cn3cncn3)CC2)n1. The van der Waals surface area contributed by atoms with Crippen molar-refractivity contribution in [2.45, 2.75) is 26.3 Å². The Hall–Kier alpha value is -2.71. The maximum atomic E-state index is 12.4. The van der Waals surface area contributed by atoms with Crippen LogP contribution in [0.4, 0.5) is 11.8 Å². The van der Waals surface area contributed by atoms with Crippen molar-refractivity contribution in [1.82, 2.24) is 29.6 Å². The van der Waals surface area contributed by atoms with E-state index in [0.29, 0.717) is 13.1 Å². The van der Waals surface area contributed by atoms with Crippen molar-refractivity contribution in [2.75, 3.05) is 49.1 Å². The molecule has 9 nitrogen and oxygen atoms in total. The predicted octanol–water partition coefficient (Wildman–Crippen LogP) is 0.326. The van der Waals surface area contributed by atoms with E-state index in [4.69, 9.17) is 4.98 Å². The number of carbonyl (C=O) groups is 1. The summed E-state index contributed by atoms with van der Waals surface area (Å²) in [5.41, 5.74) is 0.988. The van der Waals surface area contributed by atoms with Crippen LogP contribution in [-0.2, 0) is 11.3 Å². The van der Waals surface area contributed by atoms with Gasteiger partial charge >= 0.3 is 0 Å². The van der Waals surface area contributed by atoms with Crippen molar-refractivity contribution in [2.24, 2.45) is 0 Å². The van der Waals surface area contributed by atoms with E-state index in [1.807, 2.05) is 11.8 Å². The first kappa shape index (κ1) is 16.7. The molecule has 4 heterocycles. The standard InChI is InChI=1S/C17H24N8O/c1-14-10-15(22-4-2-3-5-22)21-17(20-14)24-8-6-23(7-9-24)16(26)11-25-13-18-12-19-25/h10,12-13H,2-9,11H2,1H3. The Morgan fingerprint density at radius 1 is 1.04 bits per heavy atom. The van der Waals surface area contributed by atoms with Crippen LogP contribution < -0.4 is 9.80 Å². The smallest absolute Gasteiger partial charge is 0.244 e. The Balaban J connectivity index is 1.39. The normalized spacial score (nSPS) is 17.8. The minimum absolute atomic E-state index is 0.0677. The molecule has 2 fully saturated rings. The summed E-state index contributed by atoms with van der Waals surface area (Å²) in [4.78, 5) is 32.0. The molecule has 9 heteroatoms. The van der Waals surface area contributed by atoms with E-state index in [2.05, 4.69) is 30.9 Å². The number of hydrogen-bond donors (Lipinski definition) is 0. The molecule has 4 rings (SSSR count). The van der Waals surface area contributed by atoms with Crippen LogP contribution in [0, 0.1) is 6.92 Å². The van der Waals surface area contributed by atoms with Gasteiger partial charge in [-0.3, -0.25) is 4.79 Å². The van der Waals surface area contributed by atoms with Gasteiger partial charge in [0.25, 0.3) is 0 Å². The maximum Gasteiger partial charge on any atom is 0.244 e. The summed E-state index contributed by atoms with van der Waals surface area (Å²) in [5, 5.41) is 3.99. The van der Waals surface area contributed by atoms with Gasteiger partial charge in [0, 0.05) is 51.0 Å². The number of piperazine rings is 1. The average Bonchev–Trinajstić information content (AvgIpc) is 3.35. The highest BCUT2D eigenvalue weighted by atomic mass is 16.2. The zero-order valence-electron chi connectivity index (χ0n) is 15.1. The lowest BCUT2D eigenvalue weighted by molar-refractivity contribution is -0.132. The average molecular weight is 356 g/mol. The Morgan fingerprint density at radius 3 is 2.50 bits per heavy atom. The second-order valence-corrected chi connectivity index (χ2v) is 6.82. The van der Waals surface area contributed by atoms with Gasteiger partial charge in [0.15, 0.2) is 0 Å². The van der Waals surface area contributed by atoms with Crippen LogP contribution in [-0.4, -0.2) is 74.8 Å². The van der Waals surface area contributed by atoms with Gasteiger partial charge in [0.1, 0.15) is 25.0 Å². The molecular weight excluding hydrogens is 332 g/mol. The Bertz CT molecular complexity index is 748. The summed E-state index contributed by atoms with van der Waals surface area (Å²) in [5.74, 6) is 1.86. The Morgan fingerprint density at radius 2 is 1.81 bits per heavy atom. The second-order valence-electron chi connectivity index (χ2n) is 6.82. The molecule has 1 amide bonds. The van der Waals surface area contributed by atoms with Crippen LogP contribution in [0.15, 0.2) is 18.7 Å². The molecule has 138 valence electrons. The Kier molecular flexibility index (Phi) is 4.68. The molecule has 0 aliphatic carbocycles. The van der Waals surface area contributed by atoms with Crippen molar-refractivity contribution in [1.29, 1.82) is 0 Å². The molecule has 26 heavy (non-hydrogen) atoms. The van der Waals surface area contributed by atoms with E-state index < -0.39 is 0 Å². The van der Waals surface area contributed by atoms with Gasteiger partial charge in [-0.15, -0.1) is 0 Å². The van der Waals surface area contributed by atoms with Crippen molar-refractivity contribution >= 4 is 17.7 Å². The highest BCUT2D eigenvalue weighted by Gasteiger charge is 2.24. The van der Waals surface area contributed by atoms with Gasteiger partial charge in [-0.2, -0.15) is 10.1 Å². The summed E-state index contributed by atoms with van der Waals surface area (Å²) in [7, 11) is 0. The van der Waals surface area contributed by atoms with E-state index in [1.165, 1.54) is 19.2 Å². The summed E-state index contributed by atoms with van der Waals surface area (Å²) in [6, 6.07) is 2.06. The highest BCUT2D eigenvalue weighted by Crippen LogP contribution is 2.22. The molecule has 0 bridgehead atoms. The van der Waals surface area contributed by atoms with Gasteiger partial charge in [0.2, 0.25) is 11.9 Å². The maximum absolute atomic E-state index is 12.4. The van der Waals surface area contributed by atoms with Crippen molar-refractivity contribution in [3.05, 3.63) is 24.4 Å². The summed E-state index contributed by atoms with van der Waals surface area (Å²) < 4.78 is 1.56. The molecular formula is C17H24N8O. The van der Waals surface area contributed by atoms with Crippen LogP contribution in [0.25, 0.3) is 0 Å². The largest absolute Gasteiger partial charge is 0.356 e. The minimum Gasteiger partial charge on any atom is -0.356 e. The summed E-state index contributed by atoms with van der Waals surface area (Å²) in [6.07, 6.45) is 5.46. The van der Waals surface area contributed by atoms with Crippen molar-refractivity contribution in [3.63, 3.8) is 0 Å².